The van der Waals surface area contributed by atoms with Crippen LogP contribution in [0.4, 0.5) is 38.0 Å². The van der Waals surface area contributed by atoms with E-state index in [0.29, 0.717) is 42.1 Å². The Hall–Kier alpha value is -4.88. The molecular formula is C27H20F6N6O5S2. The highest BCUT2D eigenvalue weighted by molar-refractivity contribution is 7.92. The minimum absolute atomic E-state index is 0.0823. The number of nitrogens with zero attached hydrogens (tertiary/aromatic N) is 4. The van der Waals surface area contributed by atoms with E-state index in [1.807, 2.05) is 4.72 Å². The highest BCUT2D eigenvalue weighted by Gasteiger charge is 2.44. The first-order chi connectivity index (χ1) is 21.7. The predicted octanol–water partition coefficient (Wildman–Crippen LogP) is 4.92. The van der Waals surface area contributed by atoms with Gasteiger partial charge in [0.2, 0.25) is 0 Å². The highest BCUT2D eigenvalue weighted by atomic mass is 32.2. The van der Waals surface area contributed by atoms with Gasteiger partial charge in [-0.3, -0.25) is 9.52 Å². The topological polar surface area (TPSA) is 157 Å². The molecular weight excluding hydrogens is 666 g/mol. The average molecular weight is 687 g/mol. The van der Waals surface area contributed by atoms with Crippen LogP contribution in [0.5, 0.6) is 0 Å². The number of carbonyl (C=O) groups excluding carboxylic acids is 2. The van der Waals surface area contributed by atoms with E-state index in [9.17, 15) is 40.0 Å². The van der Waals surface area contributed by atoms with E-state index in [-0.39, 0.29) is 33.4 Å². The van der Waals surface area contributed by atoms with Crippen molar-refractivity contribution in [2.24, 2.45) is 5.73 Å². The first-order valence-electron chi connectivity index (χ1n) is 12.7. The second-order valence-electron chi connectivity index (χ2n) is 8.98. The number of benzene rings is 2. The molecule has 11 nitrogen and oxygen atoms in total. The molecule has 0 saturated heterocycles. The first-order valence-corrected chi connectivity index (χ1v) is 15.0. The van der Waals surface area contributed by atoms with E-state index >= 15 is 4.39 Å². The van der Waals surface area contributed by atoms with Gasteiger partial charge < -0.3 is 10.6 Å². The zero-order chi connectivity index (χ0) is 33.8. The van der Waals surface area contributed by atoms with Crippen LogP contribution in [0.15, 0.2) is 66.2 Å². The van der Waals surface area contributed by atoms with E-state index in [0.717, 1.165) is 23.6 Å². The maximum atomic E-state index is 15.9. The van der Waals surface area contributed by atoms with Crippen LogP contribution in [0.2, 0.25) is 0 Å². The molecule has 0 aliphatic carbocycles. The number of anilines is 2. The van der Waals surface area contributed by atoms with Crippen LogP contribution in [-0.2, 0) is 30.9 Å². The molecule has 2 aromatic heterocycles. The van der Waals surface area contributed by atoms with Crippen LogP contribution >= 0.6 is 11.3 Å². The van der Waals surface area contributed by atoms with Crippen LogP contribution in [0.25, 0.3) is 21.8 Å². The Bertz CT molecular complexity index is 1920. The van der Waals surface area contributed by atoms with E-state index in [1.54, 1.807) is 0 Å². The summed E-state index contributed by atoms with van der Waals surface area (Å²) in [7, 11) is -4.83. The lowest BCUT2D eigenvalue weighted by molar-refractivity contribution is -0.201. The number of amides is 1. The van der Waals surface area contributed by atoms with Gasteiger partial charge in [0.05, 0.1) is 27.0 Å². The second-order valence-corrected chi connectivity index (χ2v) is 11.7. The number of carbonyl (C=O) groups is 2. The normalized spacial score (nSPS) is 11.6. The van der Waals surface area contributed by atoms with Crippen LogP contribution in [-0.4, -0.2) is 48.0 Å². The van der Waals surface area contributed by atoms with E-state index in [2.05, 4.69) is 26.4 Å². The van der Waals surface area contributed by atoms with Crippen LogP contribution < -0.4 is 15.5 Å². The van der Waals surface area contributed by atoms with E-state index < -0.39 is 62.1 Å². The number of hydrogen-bond acceptors (Lipinski definition) is 10. The lowest BCUT2D eigenvalue weighted by atomic mass is 10.1. The molecule has 0 aliphatic heterocycles. The Labute approximate surface area is 260 Å². The van der Waals surface area contributed by atoms with Gasteiger partial charge in [0.1, 0.15) is 16.5 Å². The van der Waals surface area contributed by atoms with Gasteiger partial charge in [-0.25, -0.2) is 41.3 Å². The molecule has 19 heteroatoms. The number of sulfonamides is 1. The standard InChI is InChI=1S/C27H20F6N6O5S2/c1-2-21(40)39(44-25(41)27(31,32)33)26-35-12-10-18(36-26)24-23(37-20(45-24)7-4-11-34)15-5-3-6-17(22(15)30)38-46(42,43)19-13-14(28)8-9-16(19)29/h2-3,5-6,8-10,12-13,38H,1,4,7,11,34H2. The molecule has 0 unspecified atom stereocenters. The summed E-state index contributed by atoms with van der Waals surface area (Å²) < 4.78 is 110. The average Bonchev–Trinajstić information content (AvgIpc) is 3.44. The molecule has 46 heavy (non-hydrogen) atoms. The molecule has 2 heterocycles. The van der Waals surface area contributed by atoms with Gasteiger partial charge in [-0.2, -0.15) is 13.2 Å². The smallest absolute Gasteiger partial charge is 0.330 e. The zero-order valence-electron chi connectivity index (χ0n) is 23.0. The van der Waals surface area contributed by atoms with Crippen molar-refractivity contribution in [3.05, 3.63) is 83.8 Å². The summed E-state index contributed by atoms with van der Waals surface area (Å²) in [5.41, 5.74) is 4.40. The molecule has 242 valence electrons. The van der Waals surface area contributed by atoms with Crippen molar-refractivity contribution in [2.75, 3.05) is 16.3 Å². The van der Waals surface area contributed by atoms with Gasteiger partial charge in [-0.05, 0) is 55.4 Å². The van der Waals surface area contributed by atoms with Gasteiger partial charge in [-0.1, -0.05) is 17.7 Å². The Morgan fingerprint density at radius 1 is 1.11 bits per heavy atom. The summed E-state index contributed by atoms with van der Waals surface area (Å²) in [4.78, 5) is 39.1. The molecule has 3 N–H and O–H groups in total. The summed E-state index contributed by atoms with van der Waals surface area (Å²) in [6.45, 7) is 3.40. The minimum Gasteiger partial charge on any atom is -0.330 e. The molecule has 0 aliphatic rings. The number of thiazole rings is 1. The molecule has 0 fully saturated rings. The van der Waals surface area contributed by atoms with Gasteiger partial charge in [-0.15, -0.1) is 11.3 Å². The molecule has 2 aromatic carbocycles. The fourth-order valence-electron chi connectivity index (χ4n) is 3.73. The summed E-state index contributed by atoms with van der Waals surface area (Å²) >= 11 is 0.963. The summed E-state index contributed by atoms with van der Waals surface area (Å²) in [5.74, 6) is -8.43. The van der Waals surface area contributed by atoms with Crippen molar-refractivity contribution in [1.82, 2.24) is 15.0 Å². The molecule has 0 radical (unpaired) electrons. The number of hydrogen-bond donors (Lipinski definition) is 2. The lowest BCUT2D eigenvalue weighted by Crippen LogP contribution is -2.38. The second kappa shape index (κ2) is 13.6. The van der Waals surface area contributed by atoms with Gasteiger partial charge in [0.25, 0.3) is 21.9 Å². The quantitative estimate of drug-likeness (QED) is 0.134. The number of hydroxylamine groups is 1. The van der Waals surface area contributed by atoms with Crippen LogP contribution in [0.1, 0.15) is 11.4 Å². The van der Waals surface area contributed by atoms with Crippen molar-refractivity contribution >= 4 is 44.9 Å². The number of nitrogens with two attached hydrogens (primary N) is 1. The Balaban J connectivity index is 1.81. The first kappa shape index (κ1) is 34.0. The van der Waals surface area contributed by atoms with Crippen molar-refractivity contribution in [3.8, 4) is 21.8 Å². The molecule has 0 saturated carbocycles. The fraction of sp³-hybridized carbons (Fsp3) is 0.148. The number of halogens is 6. The van der Waals surface area contributed by atoms with E-state index in [1.165, 1.54) is 18.2 Å². The van der Waals surface area contributed by atoms with Gasteiger partial charge in [0.15, 0.2) is 5.82 Å². The zero-order valence-corrected chi connectivity index (χ0v) is 24.6. The predicted molar refractivity (Wildman–Crippen MR) is 153 cm³/mol. The van der Waals surface area contributed by atoms with Crippen LogP contribution in [0.3, 0.4) is 0 Å². The molecule has 4 rings (SSSR count). The number of aromatic nitrogens is 3. The summed E-state index contributed by atoms with van der Waals surface area (Å²) in [5, 5.41) is 0.259. The van der Waals surface area contributed by atoms with Crippen LogP contribution in [0, 0.1) is 17.5 Å². The van der Waals surface area contributed by atoms with Gasteiger partial charge >= 0.3 is 12.1 Å². The lowest BCUT2D eigenvalue weighted by Gasteiger charge is -2.18. The molecule has 0 spiro atoms. The number of rotatable bonds is 10. The SMILES string of the molecule is C=CC(=O)N(OC(=O)C(F)(F)F)c1nccc(-c2sc(CCCN)nc2-c2cccc(NS(=O)(=O)c3cc(F)ccc3F)c2F)n1. The molecule has 0 bridgehead atoms. The monoisotopic (exact) mass is 686 g/mol. The Morgan fingerprint density at radius 3 is 2.52 bits per heavy atom. The fourth-order valence-corrected chi connectivity index (χ4v) is 5.97. The molecule has 1 amide bonds. The number of aryl methyl sites for hydroxylation is 1. The van der Waals surface area contributed by atoms with Crippen molar-refractivity contribution in [2.45, 2.75) is 23.9 Å². The summed E-state index contributed by atoms with van der Waals surface area (Å²) in [6, 6.07) is 6.44. The maximum Gasteiger partial charge on any atom is 0.493 e. The Morgan fingerprint density at radius 2 is 1.85 bits per heavy atom. The molecule has 0 atom stereocenters. The minimum atomic E-state index is -5.48. The third kappa shape index (κ3) is 7.49. The number of nitrogens with one attached hydrogen (secondary N) is 1. The third-order valence-corrected chi connectivity index (χ3v) is 8.30. The van der Waals surface area contributed by atoms with Crippen molar-refractivity contribution in [1.29, 1.82) is 0 Å². The molecule has 4 aromatic rings. The largest absolute Gasteiger partial charge is 0.493 e. The Kier molecular flexibility index (Phi) is 10.1. The summed E-state index contributed by atoms with van der Waals surface area (Å²) in [6.07, 6.45) is -3.19. The number of alkyl halides is 3. The van der Waals surface area contributed by atoms with Crippen molar-refractivity contribution < 1.29 is 49.2 Å². The van der Waals surface area contributed by atoms with Crippen molar-refractivity contribution in [3.63, 3.8) is 0 Å². The maximum absolute atomic E-state index is 15.9. The van der Waals surface area contributed by atoms with Gasteiger partial charge in [0, 0.05) is 18.2 Å². The highest BCUT2D eigenvalue weighted by Crippen LogP contribution is 2.39. The third-order valence-electron chi connectivity index (χ3n) is 5.78. The van der Waals surface area contributed by atoms with E-state index in [4.69, 9.17) is 5.73 Å².